The third-order valence-corrected chi connectivity index (χ3v) is 4.31. The molecule has 0 fully saturated rings. The Hall–Kier alpha value is -2.66. The molecule has 0 aliphatic rings. The van der Waals surface area contributed by atoms with Crippen LogP contribution in [-0.2, 0) is 4.79 Å². The standard InChI is InChI=1S/C18H16N2O2S/c21-17(10-11-19-18(22)16-9-4-12-23-16)20-15-8-3-6-13-5-1-2-7-14(13)15/h1-9,12H,10-11H2,(H,19,22)(H,20,21). The van der Waals surface area contributed by atoms with Gasteiger partial charge in [-0.1, -0.05) is 42.5 Å². The van der Waals surface area contributed by atoms with Gasteiger partial charge in [-0.25, -0.2) is 0 Å². The SMILES string of the molecule is O=C(CCNC(=O)c1cccs1)Nc1cccc2ccccc12. The Balaban J connectivity index is 1.56. The van der Waals surface area contributed by atoms with Crippen molar-refractivity contribution in [3.05, 3.63) is 64.9 Å². The molecule has 0 saturated heterocycles. The highest BCUT2D eigenvalue weighted by molar-refractivity contribution is 7.12. The molecule has 1 heterocycles. The van der Waals surface area contributed by atoms with Crippen LogP contribution in [0.15, 0.2) is 60.0 Å². The van der Waals surface area contributed by atoms with Crippen LogP contribution in [0.1, 0.15) is 16.1 Å². The zero-order valence-electron chi connectivity index (χ0n) is 12.4. The molecule has 5 heteroatoms. The Morgan fingerprint density at radius 3 is 2.61 bits per heavy atom. The summed E-state index contributed by atoms with van der Waals surface area (Å²) < 4.78 is 0. The maximum Gasteiger partial charge on any atom is 0.261 e. The molecule has 0 aliphatic carbocycles. The van der Waals surface area contributed by atoms with E-state index < -0.39 is 0 Å². The van der Waals surface area contributed by atoms with Crippen LogP contribution >= 0.6 is 11.3 Å². The monoisotopic (exact) mass is 324 g/mol. The van der Waals surface area contributed by atoms with Gasteiger partial charge in [-0.3, -0.25) is 9.59 Å². The number of fused-ring (bicyclic) bond motifs is 1. The van der Waals surface area contributed by atoms with Crippen molar-refractivity contribution in [1.82, 2.24) is 5.32 Å². The molecule has 23 heavy (non-hydrogen) atoms. The maximum atomic E-state index is 12.1. The molecule has 0 radical (unpaired) electrons. The predicted octanol–water partition coefficient (Wildman–Crippen LogP) is 3.66. The second-order valence-corrected chi connectivity index (χ2v) is 6.01. The lowest BCUT2D eigenvalue weighted by Gasteiger charge is -2.09. The topological polar surface area (TPSA) is 58.2 Å². The van der Waals surface area contributed by atoms with Gasteiger partial charge in [0.1, 0.15) is 0 Å². The number of nitrogens with one attached hydrogen (secondary N) is 2. The van der Waals surface area contributed by atoms with Crippen molar-refractivity contribution in [3.63, 3.8) is 0 Å². The number of carbonyl (C=O) groups excluding carboxylic acids is 2. The highest BCUT2D eigenvalue weighted by atomic mass is 32.1. The number of hydrogen-bond donors (Lipinski definition) is 2. The summed E-state index contributed by atoms with van der Waals surface area (Å²) in [5.41, 5.74) is 0.790. The van der Waals surface area contributed by atoms with E-state index in [-0.39, 0.29) is 18.2 Å². The molecule has 2 N–H and O–H groups in total. The zero-order chi connectivity index (χ0) is 16.1. The quantitative estimate of drug-likeness (QED) is 0.752. The smallest absolute Gasteiger partial charge is 0.261 e. The lowest BCUT2D eigenvalue weighted by Crippen LogP contribution is -2.27. The second-order valence-electron chi connectivity index (χ2n) is 5.06. The molecule has 3 aromatic rings. The van der Waals surface area contributed by atoms with E-state index in [0.29, 0.717) is 11.4 Å². The Morgan fingerprint density at radius 1 is 0.957 bits per heavy atom. The van der Waals surface area contributed by atoms with Gasteiger partial charge in [0.2, 0.25) is 5.91 Å². The highest BCUT2D eigenvalue weighted by Crippen LogP contribution is 2.22. The van der Waals surface area contributed by atoms with Crippen molar-refractivity contribution in [1.29, 1.82) is 0 Å². The van der Waals surface area contributed by atoms with Crippen LogP contribution in [-0.4, -0.2) is 18.4 Å². The van der Waals surface area contributed by atoms with Crippen molar-refractivity contribution in [3.8, 4) is 0 Å². The number of rotatable bonds is 5. The van der Waals surface area contributed by atoms with Crippen molar-refractivity contribution < 1.29 is 9.59 Å². The van der Waals surface area contributed by atoms with E-state index >= 15 is 0 Å². The summed E-state index contributed by atoms with van der Waals surface area (Å²) in [7, 11) is 0. The molecule has 1 aromatic heterocycles. The number of anilines is 1. The first-order valence-electron chi connectivity index (χ1n) is 7.33. The van der Waals surface area contributed by atoms with Gasteiger partial charge in [0.25, 0.3) is 5.91 Å². The maximum absolute atomic E-state index is 12.1. The summed E-state index contributed by atoms with van der Waals surface area (Å²) in [6.07, 6.45) is 0.236. The molecule has 2 amide bonds. The van der Waals surface area contributed by atoms with Crippen molar-refractivity contribution in [2.24, 2.45) is 0 Å². The molecule has 0 spiro atoms. The number of hydrogen-bond acceptors (Lipinski definition) is 3. The largest absolute Gasteiger partial charge is 0.351 e. The fourth-order valence-corrected chi connectivity index (χ4v) is 2.97. The van der Waals surface area contributed by atoms with Crippen molar-refractivity contribution in [2.75, 3.05) is 11.9 Å². The Bertz CT molecular complexity index is 823. The van der Waals surface area contributed by atoms with Crippen molar-refractivity contribution >= 4 is 39.6 Å². The van der Waals surface area contributed by atoms with Crippen LogP contribution in [0.4, 0.5) is 5.69 Å². The molecule has 116 valence electrons. The molecule has 0 saturated carbocycles. The number of carbonyl (C=O) groups is 2. The fourth-order valence-electron chi connectivity index (χ4n) is 2.33. The number of benzene rings is 2. The first kappa shape index (κ1) is 15.2. The van der Waals surface area contributed by atoms with Crippen LogP contribution in [0, 0.1) is 0 Å². The van der Waals surface area contributed by atoms with Crippen LogP contribution in [0.5, 0.6) is 0 Å². The van der Waals surface area contributed by atoms with E-state index in [1.807, 2.05) is 53.9 Å². The van der Waals surface area contributed by atoms with Crippen LogP contribution in [0.3, 0.4) is 0 Å². The van der Waals surface area contributed by atoms with Gasteiger partial charge in [-0.05, 0) is 22.9 Å². The minimum Gasteiger partial charge on any atom is -0.351 e. The summed E-state index contributed by atoms with van der Waals surface area (Å²) >= 11 is 1.38. The fraction of sp³-hybridized carbons (Fsp3) is 0.111. The third-order valence-electron chi connectivity index (χ3n) is 3.45. The average molecular weight is 324 g/mol. The summed E-state index contributed by atoms with van der Waals surface area (Å²) in [4.78, 5) is 24.5. The van der Waals surface area contributed by atoms with E-state index in [0.717, 1.165) is 16.5 Å². The van der Waals surface area contributed by atoms with Crippen LogP contribution in [0.2, 0.25) is 0 Å². The van der Waals surface area contributed by atoms with Crippen LogP contribution in [0.25, 0.3) is 10.8 Å². The minimum absolute atomic E-state index is 0.118. The van der Waals surface area contributed by atoms with Crippen LogP contribution < -0.4 is 10.6 Å². The molecule has 4 nitrogen and oxygen atoms in total. The van der Waals surface area contributed by atoms with E-state index in [1.165, 1.54) is 11.3 Å². The molecule has 0 unspecified atom stereocenters. The third kappa shape index (κ3) is 3.76. The van der Waals surface area contributed by atoms with Gasteiger partial charge in [0.05, 0.1) is 4.88 Å². The molecule has 0 aliphatic heterocycles. The van der Waals surface area contributed by atoms with E-state index in [2.05, 4.69) is 10.6 Å². The summed E-state index contributed by atoms with van der Waals surface area (Å²) in [5.74, 6) is -0.259. The van der Waals surface area contributed by atoms with E-state index in [1.54, 1.807) is 6.07 Å². The molecular weight excluding hydrogens is 308 g/mol. The first-order chi connectivity index (χ1) is 11.2. The molecule has 2 aromatic carbocycles. The molecular formula is C18H16N2O2S. The van der Waals surface area contributed by atoms with Crippen molar-refractivity contribution in [2.45, 2.75) is 6.42 Å². The van der Waals surface area contributed by atoms with Gasteiger partial charge in [-0.2, -0.15) is 0 Å². The lowest BCUT2D eigenvalue weighted by molar-refractivity contribution is -0.116. The number of thiophene rings is 1. The van der Waals surface area contributed by atoms with Gasteiger partial charge >= 0.3 is 0 Å². The second kappa shape index (κ2) is 7.07. The minimum atomic E-state index is -0.141. The Morgan fingerprint density at radius 2 is 1.78 bits per heavy atom. The van der Waals surface area contributed by atoms with Gasteiger partial charge in [-0.15, -0.1) is 11.3 Å². The molecule has 0 bridgehead atoms. The zero-order valence-corrected chi connectivity index (χ0v) is 13.2. The van der Waals surface area contributed by atoms with E-state index in [4.69, 9.17) is 0 Å². The summed E-state index contributed by atoms with van der Waals surface area (Å²) in [6.45, 7) is 0.313. The molecule has 3 rings (SSSR count). The highest BCUT2D eigenvalue weighted by Gasteiger charge is 2.08. The molecule has 0 atom stereocenters. The van der Waals surface area contributed by atoms with Gasteiger partial charge in [0, 0.05) is 24.0 Å². The van der Waals surface area contributed by atoms with Gasteiger partial charge in [0.15, 0.2) is 0 Å². The first-order valence-corrected chi connectivity index (χ1v) is 8.21. The average Bonchev–Trinajstić information content (AvgIpc) is 3.10. The summed E-state index contributed by atoms with van der Waals surface area (Å²) in [5, 5.41) is 9.59. The lowest BCUT2D eigenvalue weighted by atomic mass is 10.1. The Kier molecular flexibility index (Phi) is 4.68. The van der Waals surface area contributed by atoms with Gasteiger partial charge < -0.3 is 10.6 Å². The van der Waals surface area contributed by atoms with E-state index in [9.17, 15) is 9.59 Å². The number of amides is 2. The summed E-state index contributed by atoms with van der Waals surface area (Å²) in [6, 6.07) is 17.3. The normalized spacial score (nSPS) is 10.4. The Labute approximate surface area is 138 Å². The predicted molar refractivity (Wildman–Crippen MR) is 93.8 cm³/mol.